The third-order valence-corrected chi connectivity index (χ3v) is 6.25. The fraction of sp³-hybridized carbons (Fsp3) is 1.00. The highest BCUT2D eigenvalue weighted by Crippen LogP contribution is 2.60. The lowest BCUT2D eigenvalue weighted by Crippen LogP contribution is -2.22. The van der Waals surface area contributed by atoms with Crippen LogP contribution in [0.1, 0.15) is 33.6 Å². The molecule has 0 atom stereocenters. The van der Waals surface area contributed by atoms with E-state index >= 15 is 0 Å². The van der Waals surface area contributed by atoms with Crippen molar-refractivity contribution in [3.05, 3.63) is 0 Å². The van der Waals surface area contributed by atoms with Crippen LogP contribution in [0.2, 0.25) is 0 Å². The van der Waals surface area contributed by atoms with E-state index in [-0.39, 0.29) is 0 Å². The van der Waals surface area contributed by atoms with Gasteiger partial charge in [0.1, 0.15) is 4.49 Å². The third kappa shape index (κ3) is 2.49. The van der Waals surface area contributed by atoms with Crippen LogP contribution in [0.3, 0.4) is 0 Å². The van der Waals surface area contributed by atoms with Gasteiger partial charge in [0.15, 0.2) is 0 Å². The molecule has 2 N–H and O–H groups in total. The van der Waals surface area contributed by atoms with E-state index in [1.54, 1.807) is 0 Å². The molecule has 0 saturated heterocycles. The van der Waals surface area contributed by atoms with Gasteiger partial charge in [-0.3, -0.25) is 4.57 Å². The van der Waals surface area contributed by atoms with E-state index in [4.69, 9.17) is 9.79 Å². The number of hydrogen-bond donors (Lipinski definition) is 2. The van der Waals surface area contributed by atoms with Gasteiger partial charge < -0.3 is 9.79 Å². The Bertz CT molecular complexity index is 173. The van der Waals surface area contributed by atoms with E-state index in [1.807, 2.05) is 20.8 Å². The van der Waals surface area contributed by atoms with Crippen LogP contribution in [-0.4, -0.2) is 20.0 Å². The van der Waals surface area contributed by atoms with E-state index in [1.165, 1.54) is 11.8 Å². The lowest BCUT2D eigenvalue weighted by atomic mass is 10.2. The largest absolute Gasteiger partial charge is 0.341 e. The lowest BCUT2D eigenvalue weighted by Gasteiger charge is -2.31. The van der Waals surface area contributed by atoms with Crippen LogP contribution in [0.15, 0.2) is 0 Å². The molecule has 0 amide bonds. The molecule has 0 aliphatic heterocycles. The van der Waals surface area contributed by atoms with Crippen LogP contribution < -0.4 is 0 Å². The SMILES string of the molecule is CCSC(CC)(CC)P(=O)(O)O. The summed E-state index contributed by atoms with van der Waals surface area (Å²) < 4.78 is 10.3. The lowest BCUT2D eigenvalue weighted by molar-refractivity contribution is 0.346. The fourth-order valence-electron chi connectivity index (χ4n) is 1.22. The number of rotatable bonds is 5. The van der Waals surface area contributed by atoms with Gasteiger partial charge in [0, 0.05) is 0 Å². The Morgan fingerprint density at radius 1 is 1.25 bits per heavy atom. The molecule has 0 spiro atoms. The Balaban J connectivity index is 4.70. The van der Waals surface area contributed by atoms with E-state index in [0.717, 1.165) is 5.75 Å². The molecule has 0 bridgehead atoms. The second-order valence-corrected chi connectivity index (χ2v) is 6.52. The standard InChI is InChI=1S/C7H17O3PS/c1-4-7(5-2,12-6-3)11(8,9)10/h4-6H2,1-3H3,(H2,8,9,10). The molecule has 0 aromatic rings. The first-order valence-corrected chi connectivity index (χ1v) is 6.73. The van der Waals surface area contributed by atoms with Gasteiger partial charge in [0.25, 0.3) is 0 Å². The van der Waals surface area contributed by atoms with Gasteiger partial charge in [0.05, 0.1) is 0 Å². The van der Waals surface area contributed by atoms with Gasteiger partial charge in [-0.15, -0.1) is 11.8 Å². The summed E-state index contributed by atoms with van der Waals surface area (Å²) in [5.74, 6) is 0.743. The van der Waals surface area contributed by atoms with Crippen molar-refractivity contribution >= 4 is 19.4 Å². The topological polar surface area (TPSA) is 57.5 Å². The Hall–Kier alpha value is 0.500. The molecule has 0 heterocycles. The highest BCUT2D eigenvalue weighted by Gasteiger charge is 2.43. The summed E-state index contributed by atoms with van der Waals surface area (Å²) in [7, 11) is -3.96. The molecule has 0 fully saturated rings. The monoisotopic (exact) mass is 212 g/mol. The Labute approximate surface area is 78.1 Å². The molecule has 3 nitrogen and oxygen atoms in total. The summed E-state index contributed by atoms with van der Waals surface area (Å²) in [5.41, 5.74) is 0. The molecular weight excluding hydrogens is 195 g/mol. The van der Waals surface area contributed by atoms with Crippen LogP contribution in [0.4, 0.5) is 0 Å². The maximum absolute atomic E-state index is 11.2. The number of thioether (sulfide) groups is 1. The summed E-state index contributed by atoms with van der Waals surface area (Å²) in [6.07, 6.45) is 1.04. The molecule has 12 heavy (non-hydrogen) atoms. The van der Waals surface area contributed by atoms with E-state index in [2.05, 4.69) is 0 Å². The first-order chi connectivity index (χ1) is 5.43. The first kappa shape index (κ1) is 12.5. The minimum absolute atomic E-state index is 0.520. The van der Waals surface area contributed by atoms with Crippen molar-refractivity contribution in [2.45, 2.75) is 38.1 Å². The molecule has 74 valence electrons. The first-order valence-electron chi connectivity index (χ1n) is 4.13. The molecule has 0 aromatic heterocycles. The average Bonchev–Trinajstić information content (AvgIpc) is 1.98. The number of hydrogen-bond acceptors (Lipinski definition) is 2. The van der Waals surface area contributed by atoms with Crippen LogP contribution in [0, 0.1) is 0 Å². The second kappa shape index (κ2) is 4.66. The molecule has 0 saturated carbocycles. The van der Waals surface area contributed by atoms with Gasteiger partial charge in [-0.05, 0) is 18.6 Å². The highest BCUT2D eigenvalue weighted by molar-refractivity contribution is 8.06. The van der Waals surface area contributed by atoms with Crippen molar-refractivity contribution in [3.63, 3.8) is 0 Å². The molecular formula is C7H17O3PS. The fourth-order valence-corrected chi connectivity index (χ4v) is 4.05. The second-order valence-electron chi connectivity index (χ2n) is 2.63. The predicted octanol–water partition coefficient (Wildman–Crippen LogP) is 2.43. The van der Waals surface area contributed by atoms with Crippen LogP contribution in [-0.2, 0) is 4.57 Å². The van der Waals surface area contributed by atoms with Gasteiger partial charge in [-0.25, -0.2) is 0 Å². The smallest absolute Gasteiger partial charge is 0.323 e. The van der Waals surface area contributed by atoms with E-state index < -0.39 is 12.1 Å². The summed E-state index contributed by atoms with van der Waals surface area (Å²) in [5, 5.41) is 0. The summed E-state index contributed by atoms with van der Waals surface area (Å²) >= 11 is 1.37. The zero-order chi connectivity index (χ0) is 9.83. The van der Waals surface area contributed by atoms with Crippen molar-refractivity contribution < 1.29 is 14.4 Å². The molecule has 0 radical (unpaired) electrons. The predicted molar refractivity (Wildman–Crippen MR) is 53.5 cm³/mol. The maximum Gasteiger partial charge on any atom is 0.341 e. The summed E-state index contributed by atoms with van der Waals surface area (Å²) in [6, 6.07) is 0. The Morgan fingerprint density at radius 2 is 1.67 bits per heavy atom. The molecule has 0 rings (SSSR count). The van der Waals surface area contributed by atoms with Crippen LogP contribution >= 0.6 is 19.4 Å². The van der Waals surface area contributed by atoms with Gasteiger partial charge >= 0.3 is 7.60 Å². The molecule has 0 aliphatic carbocycles. The quantitative estimate of drug-likeness (QED) is 0.687. The third-order valence-electron chi connectivity index (χ3n) is 2.05. The van der Waals surface area contributed by atoms with E-state index in [9.17, 15) is 4.57 Å². The van der Waals surface area contributed by atoms with Crippen molar-refractivity contribution in [3.8, 4) is 0 Å². The van der Waals surface area contributed by atoms with Crippen LogP contribution in [0.25, 0.3) is 0 Å². The minimum atomic E-state index is -3.96. The van der Waals surface area contributed by atoms with Crippen molar-refractivity contribution in [2.24, 2.45) is 0 Å². The molecule has 0 unspecified atom stereocenters. The van der Waals surface area contributed by atoms with Gasteiger partial charge in [-0.1, -0.05) is 20.8 Å². The molecule has 0 aromatic carbocycles. The van der Waals surface area contributed by atoms with Gasteiger partial charge in [0.2, 0.25) is 0 Å². The molecule has 0 aliphatic rings. The van der Waals surface area contributed by atoms with Gasteiger partial charge in [-0.2, -0.15) is 0 Å². The minimum Gasteiger partial charge on any atom is -0.323 e. The average molecular weight is 212 g/mol. The Kier molecular flexibility index (Phi) is 4.85. The van der Waals surface area contributed by atoms with Crippen molar-refractivity contribution in [1.29, 1.82) is 0 Å². The normalized spacial score (nSPS) is 13.4. The summed E-state index contributed by atoms with van der Waals surface area (Å²) in [4.78, 5) is 18.3. The molecule has 5 heteroatoms. The summed E-state index contributed by atoms with van der Waals surface area (Å²) in [6.45, 7) is 5.57. The Morgan fingerprint density at radius 3 is 1.75 bits per heavy atom. The maximum atomic E-state index is 11.2. The van der Waals surface area contributed by atoms with Crippen molar-refractivity contribution in [1.82, 2.24) is 0 Å². The zero-order valence-corrected chi connectivity index (χ0v) is 9.49. The van der Waals surface area contributed by atoms with E-state index in [0.29, 0.717) is 12.8 Å². The zero-order valence-electron chi connectivity index (χ0n) is 7.78. The van der Waals surface area contributed by atoms with Crippen molar-refractivity contribution in [2.75, 3.05) is 5.75 Å². The van der Waals surface area contributed by atoms with Crippen LogP contribution in [0.5, 0.6) is 0 Å². The highest BCUT2D eigenvalue weighted by atomic mass is 32.2.